The Morgan fingerprint density at radius 1 is 1.25 bits per heavy atom. The highest BCUT2D eigenvalue weighted by Crippen LogP contribution is 2.35. The summed E-state index contributed by atoms with van der Waals surface area (Å²) in [7, 11) is 0. The monoisotopic (exact) mass is 385 g/mol. The fraction of sp³-hybridized carbons (Fsp3) is 0.250. The van der Waals surface area contributed by atoms with Crippen molar-refractivity contribution in [2.24, 2.45) is 5.92 Å². The van der Waals surface area contributed by atoms with Crippen LogP contribution in [0.1, 0.15) is 17.0 Å². The molecule has 8 heteroatoms. The SMILES string of the molecule is O=C(O)[C@H]1CN(C(=O)Cc2c[nH]c3ncccc23)C[C@@H]1c1ccc(F)cc1F. The summed E-state index contributed by atoms with van der Waals surface area (Å²) in [5.74, 6) is -4.57. The Kier molecular flexibility index (Phi) is 4.54. The van der Waals surface area contributed by atoms with Crippen LogP contribution in [0.25, 0.3) is 11.0 Å². The molecule has 1 aliphatic rings. The minimum absolute atomic E-state index is 0.0176. The van der Waals surface area contributed by atoms with Gasteiger partial charge in [-0.2, -0.15) is 0 Å². The summed E-state index contributed by atoms with van der Waals surface area (Å²) in [5.41, 5.74) is 1.54. The number of aliphatic carboxylic acids is 1. The summed E-state index contributed by atoms with van der Waals surface area (Å²) in [6.45, 7) is 0.0508. The van der Waals surface area contributed by atoms with Crippen LogP contribution < -0.4 is 0 Å². The Labute approximate surface area is 158 Å². The molecular formula is C20H17F2N3O3. The Balaban J connectivity index is 1.57. The zero-order valence-corrected chi connectivity index (χ0v) is 14.7. The normalized spacial score (nSPS) is 19.3. The van der Waals surface area contributed by atoms with Gasteiger partial charge in [0.2, 0.25) is 5.91 Å². The van der Waals surface area contributed by atoms with E-state index in [2.05, 4.69) is 9.97 Å². The number of aromatic nitrogens is 2. The van der Waals surface area contributed by atoms with Gasteiger partial charge >= 0.3 is 5.97 Å². The van der Waals surface area contributed by atoms with Gasteiger partial charge in [0.25, 0.3) is 0 Å². The number of benzene rings is 1. The van der Waals surface area contributed by atoms with Crippen LogP contribution in [0.5, 0.6) is 0 Å². The molecule has 1 aromatic carbocycles. The van der Waals surface area contributed by atoms with Gasteiger partial charge in [-0.25, -0.2) is 13.8 Å². The van der Waals surface area contributed by atoms with Crippen LogP contribution >= 0.6 is 0 Å². The number of aromatic amines is 1. The number of halogens is 2. The number of hydrogen-bond acceptors (Lipinski definition) is 3. The predicted molar refractivity (Wildman–Crippen MR) is 96.6 cm³/mol. The maximum atomic E-state index is 14.2. The number of amides is 1. The average Bonchev–Trinajstić information content (AvgIpc) is 3.27. The summed E-state index contributed by atoms with van der Waals surface area (Å²) in [4.78, 5) is 33.1. The van der Waals surface area contributed by atoms with Crippen molar-refractivity contribution in [1.82, 2.24) is 14.9 Å². The number of hydrogen-bond donors (Lipinski definition) is 2. The van der Waals surface area contributed by atoms with Gasteiger partial charge in [-0.1, -0.05) is 6.07 Å². The van der Waals surface area contributed by atoms with E-state index in [-0.39, 0.29) is 31.0 Å². The number of H-pyrrole nitrogens is 1. The third-order valence-corrected chi connectivity index (χ3v) is 5.23. The molecule has 0 radical (unpaired) electrons. The fourth-order valence-electron chi connectivity index (χ4n) is 3.81. The highest BCUT2D eigenvalue weighted by atomic mass is 19.1. The maximum absolute atomic E-state index is 14.2. The Hall–Kier alpha value is -3.29. The zero-order valence-electron chi connectivity index (χ0n) is 14.7. The van der Waals surface area contributed by atoms with Crippen LogP contribution in [0.2, 0.25) is 0 Å². The molecule has 144 valence electrons. The molecule has 0 unspecified atom stereocenters. The van der Waals surface area contributed by atoms with Crippen molar-refractivity contribution in [2.75, 3.05) is 13.1 Å². The Morgan fingerprint density at radius 2 is 2.07 bits per heavy atom. The summed E-state index contributed by atoms with van der Waals surface area (Å²) >= 11 is 0. The molecule has 0 saturated carbocycles. The summed E-state index contributed by atoms with van der Waals surface area (Å²) in [5, 5.41) is 10.4. The smallest absolute Gasteiger partial charge is 0.308 e. The van der Waals surface area contributed by atoms with E-state index >= 15 is 0 Å². The molecule has 28 heavy (non-hydrogen) atoms. The molecule has 2 N–H and O–H groups in total. The number of nitrogens with zero attached hydrogens (tertiary/aromatic N) is 2. The van der Waals surface area contributed by atoms with E-state index in [1.165, 1.54) is 11.0 Å². The number of carbonyl (C=O) groups excluding carboxylic acids is 1. The number of nitrogens with one attached hydrogen (secondary N) is 1. The number of likely N-dealkylation sites (tertiary alicyclic amines) is 1. The standard InChI is InChI=1S/C20H17F2N3O3/c21-12-3-4-14(17(22)7-12)15-9-25(10-16(15)20(27)28)18(26)6-11-8-24-19-13(11)2-1-5-23-19/h1-5,7-8,15-16H,6,9-10H2,(H,23,24)(H,27,28)/t15-,16+/m1/s1. The number of pyridine rings is 1. The molecule has 6 nitrogen and oxygen atoms in total. The van der Waals surface area contributed by atoms with Crippen molar-refractivity contribution in [1.29, 1.82) is 0 Å². The average molecular weight is 385 g/mol. The first-order chi connectivity index (χ1) is 13.4. The second-order valence-corrected chi connectivity index (χ2v) is 6.91. The van der Waals surface area contributed by atoms with Crippen LogP contribution in [0.4, 0.5) is 8.78 Å². The Bertz CT molecular complexity index is 1070. The van der Waals surface area contributed by atoms with Gasteiger partial charge in [-0.05, 0) is 29.3 Å². The van der Waals surface area contributed by atoms with Crippen molar-refractivity contribution in [3.05, 3.63) is 65.5 Å². The van der Waals surface area contributed by atoms with E-state index in [0.29, 0.717) is 5.65 Å². The summed E-state index contributed by atoms with van der Waals surface area (Å²) in [6.07, 6.45) is 3.43. The third kappa shape index (κ3) is 3.21. The summed E-state index contributed by atoms with van der Waals surface area (Å²) in [6, 6.07) is 6.71. The largest absolute Gasteiger partial charge is 0.481 e. The van der Waals surface area contributed by atoms with Crippen molar-refractivity contribution in [2.45, 2.75) is 12.3 Å². The van der Waals surface area contributed by atoms with Crippen molar-refractivity contribution < 1.29 is 23.5 Å². The lowest BCUT2D eigenvalue weighted by Gasteiger charge is -2.17. The van der Waals surface area contributed by atoms with Crippen LogP contribution in [0, 0.1) is 17.6 Å². The van der Waals surface area contributed by atoms with E-state index in [9.17, 15) is 23.5 Å². The number of fused-ring (bicyclic) bond motifs is 1. The van der Waals surface area contributed by atoms with Gasteiger partial charge in [0.15, 0.2) is 0 Å². The molecule has 2 aromatic heterocycles. The first kappa shape index (κ1) is 18.1. The van der Waals surface area contributed by atoms with Gasteiger partial charge in [-0.3, -0.25) is 9.59 Å². The van der Waals surface area contributed by atoms with Gasteiger partial charge < -0.3 is 15.0 Å². The molecule has 1 fully saturated rings. The van der Waals surface area contributed by atoms with E-state index in [1.54, 1.807) is 18.5 Å². The zero-order chi connectivity index (χ0) is 19.8. The number of rotatable bonds is 4. The highest BCUT2D eigenvalue weighted by Gasteiger charge is 2.41. The molecule has 3 aromatic rings. The molecule has 3 heterocycles. The summed E-state index contributed by atoms with van der Waals surface area (Å²) < 4.78 is 27.4. The molecular weight excluding hydrogens is 368 g/mol. The number of carboxylic acid groups (broad SMARTS) is 1. The van der Waals surface area contributed by atoms with Gasteiger partial charge in [-0.15, -0.1) is 0 Å². The molecule has 1 aliphatic heterocycles. The van der Waals surface area contributed by atoms with E-state index in [0.717, 1.165) is 23.1 Å². The lowest BCUT2D eigenvalue weighted by Crippen LogP contribution is -2.31. The van der Waals surface area contributed by atoms with Gasteiger partial charge in [0, 0.05) is 42.9 Å². The minimum Gasteiger partial charge on any atom is -0.481 e. The van der Waals surface area contributed by atoms with Gasteiger partial charge in [0.05, 0.1) is 12.3 Å². The quantitative estimate of drug-likeness (QED) is 0.723. The number of carboxylic acids is 1. The molecule has 0 bridgehead atoms. The van der Waals surface area contributed by atoms with E-state index < -0.39 is 29.4 Å². The lowest BCUT2D eigenvalue weighted by molar-refractivity contribution is -0.141. The van der Waals surface area contributed by atoms with Crippen molar-refractivity contribution in [3.8, 4) is 0 Å². The van der Waals surface area contributed by atoms with Crippen LogP contribution in [0.15, 0.2) is 42.7 Å². The van der Waals surface area contributed by atoms with Crippen LogP contribution in [0.3, 0.4) is 0 Å². The Morgan fingerprint density at radius 3 is 2.82 bits per heavy atom. The van der Waals surface area contributed by atoms with Crippen LogP contribution in [-0.4, -0.2) is 44.9 Å². The van der Waals surface area contributed by atoms with Crippen molar-refractivity contribution >= 4 is 22.9 Å². The molecule has 1 saturated heterocycles. The number of carbonyl (C=O) groups is 2. The second kappa shape index (κ2) is 7.03. The molecule has 0 aliphatic carbocycles. The third-order valence-electron chi connectivity index (χ3n) is 5.23. The maximum Gasteiger partial charge on any atom is 0.308 e. The molecule has 0 spiro atoms. The minimum atomic E-state index is -1.11. The predicted octanol–water partition coefficient (Wildman–Crippen LogP) is 2.71. The lowest BCUT2D eigenvalue weighted by atomic mass is 9.88. The topological polar surface area (TPSA) is 86.3 Å². The van der Waals surface area contributed by atoms with E-state index in [4.69, 9.17) is 0 Å². The molecule has 2 atom stereocenters. The second-order valence-electron chi connectivity index (χ2n) is 6.91. The van der Waals surface area contributed by atoms with E-state index in [1.807, 2.05) is 6.07 Å². The fourth-order valence-corrected chi connectivity index (χ4v) is 3.81. The van der Waals surface area contributed by atoms with Crippen molar-refractivity contribution in [3.63, 3.8) is 0 Å². The first-order valence-electron chi connectivity index (χ1n) is 8.80. The van der Waals surface area contributed by atoms with Crippen LogP contribution in [-0.2, 0) is 16.0 Å². The molecule has 4 rings (SSSR count). The first-order valence-corrected chi connectivity index (χ1v) is 8.80. The van der Waals surface area contributed by atoms with Gasteiger partial charge in [0.1, 0.15) is 17.3 Å². The highest BCUT2D eigenvalue weighted by molar-refractivity contribution is 5.87. The molecule has 1 amide bonds.